The van der Waals surface area contributed by atoms with Gasteiger partial charge >= 0.3 is 0 Å². The zero-order valence-electron chi connectivity index (χ0n) is 11.9. The number of halogens is 3. The van der Waals surface area contributed by atoms with Gasteiger partial charge in [-0.25, -0.2) is 8.78 Å². The van der Waals surface area contributed by atoms with Crippen molar-refractivity contribution in [2.75, 3.05) is 6.54 Å². The maximum atomic E-state index is 14.0. The lowest BCUT2D eigenvalue weighted by Crippen LogP contribution is -2.26. The largest absolute Gasteiger partial charge is 0.309 e. The van der Waals surface area contributed by atoms with Crippen molar-refractivity contribution < 1.29 is 8.78 Å². The summed E-state index contributed by atoms with van der Waals surface area (Å²) in [6.45, 7) is 2.69. The first-order valence-corrected chi connectivity index (χ1v) is 7.42. The second-order valence-electron chi connectivity index (χ2n) is 4.94. The first-order chi connectivity index (χ1) is 10.1. The molecule has 1 atom stereocenters. The number of rotatable bonds is 6. The first-order valence-electron chi connectivity index (χ1n) is 7.04. The summed E-state index contributed by atoms with van der Waals surface area (Å²) in [4.78, 5) is 0. The topological polar surface area (TPSA) is 12.0 Å². The number of hydrogen-bond donors (Lipinski definition) is 1. The van der Waals surface area contributed by atoms with Gasteiger partial charge in [0.2, 0.25) is 0 Å². The summed E-state index contributed by atoms with van der Waals surface area (Å²) in [7, 11) is 0. The van der Waals surface area contributed by atoms with Crippen LogP contribution in [-0.4, -0.2) is 6.54 Å². The van der Waals surface area contributed by atoms with E-state index in [2.05, 4.69) is 5.32 Å². The molecule has 1 unspecified atom stereocenters. The third-order valence-corrected chi connectivity index (χ3v) is 3.74. The van der Waals surface area contributed by atoms with Crippen molar-refractivity contribution in [2.45, 2.75) is 25.8 Å². The zero-order valence-corrected chi connectivity index (χ0v) is 12.6. The molecule has 112 valence electrons. The lowest BCUT2D eigenvalue weighted by atomic mass is 9.97. The predicted octanol–water partition coefficient (Wildman–Crippen LogP) is 4.90. The fourth-order valence-corrected chi connectivity index (χ4v) is 2.54. The zero-order chi connectivity index (χ0) is 15.2. The van der Waals surface area contributed by atoms with E-state index < -0.39 is 17.7 Å². The van der Waals surface area contributed by atoms with Gasteiger partial charge in [-0.2, -0.15) is 0 Å². The second-order valence-corrected chi connectivity index (χ2v) is 5.34. The van der Waals surface area contributed by atoms with Crippen molar-refractivity contribution in [3.8, 4) is 0 Å². The Hall–Kier alpha value is -1.45. The van der Waals surface area contributed by atoms with Gasteiger partial charge in [-0.15, -0.1) is 0 Å². The van der Waals surface area contributed by atoms with Crippen LogP contribution in [0.4, 0.5) is 8.78 Å². The van der Waals surface area contributed by atoms with E-state index in [1.807, 2.05) is 25.1 Å². The Morgan fingerprint density at radius 1 is 1.05 bits per heavy atom. The van der Waals surface area contributed by atoms with Gasteiger partial charge in [-0.05, 0) is 43.1 Å². The molecular formula is C17H18ClF2N. The van der Waals surface area contributed by atoms with Crippen LogP contribution in [0.2, 0.25) is 5.02 Å². The van der Waals surface area contributed by atoms with Crippen LogP contribution in [0.3, 0.4) is 0 Å². The highest BCUT2D eigenvalue weighted by molar-refractivity contribution is 6.31. The minimum atomic E-state index is -0.532. The molecule has 0 aliphatic rings. The Labute approximate surface area is 128 Å². The molecule has 2 aromatic rings. The normalized spacial score (nSPS) is 12.4. The van der Waals surface area contributed by atoms with E-state index in [1.54, 1.807) is 6.07 Å². The molecule has 0 saturated heterocycles. The number of nitrogens with one attached hydrogen (secondary N) is 1. The summed E-state index contributed by atoms with van der Waals surface area (Å²) in [5, 5.41) is 3.81. The van der Waals surface area contributed by atoms with E-state index in [0.717, 1.165) is 12.0 Å². The Balaban J connectivity index is 2.32. The second kappa shape index (κ2) is 7.53. The molecule has 0 radical (unpaired) electrons. The summed E-state index contributed by atoms with van der Waals surface area (Å²) >= 11 is 6.15. The van der Waals surface area contributed by atoms with Crippen molar-refractivity contribution in [3.63, 3.8) is 0 Å². The van der Waals surface area contributed by atoms with E-state index in [4.69, 9.17) is 11.6 Å². The highest BCUT2D eigenvalue weighted by atomic mass is 35.5. The summed E-state index contributed by atoms with van der Waals surface area (Å²) in [5.41, 5.74) is 0.946. The molecule has 0 aliphatic heterocycles. The van der Waals surface area contributed by atoms with Crippen LogP contribution < -0.4 is 5.32 Å². The first kappa shape index (κ1) is 15.9. The molecule has 2 rings (SSSR count). The van der Waals surface area contributed by atoms with Crippen LogP contribution in [0, 0.1) is 11.6 Å². The Kier molecular flexibility index (Phi) is 5.71. The van der Waals surface area contributed by atoms with Crippen molar-refractivity contribution in [1.29, 1.82) is 0 Å². The van der Waals surface area contributed by atoms with Gasteiger partial charge in [0.15, 0.2) is 0 Å². The minimum Gasteiger partial charge on any atom is -0.309 e. The van der Waals surface area contributed by atoms with E-state index in [1.165, 1.54) is 18.2 Å². The molecular weight excluding hydrogens is 292 g/mol. The van der Waals surface area contributed by atoms with Crippen molar-refractivity contribution >= 4 is 11.6 Å². The molecule has 0 aromatic heterocycles. The Morgan fingerprint density at radius 3 is 2.33 bits per heavy atom. The Bertz CT molecular complexity index is 581. The van der Waals surface area contributed by atoms with Crippen LogP contribution in [-0.2, 0) is 6.42 Å². The molecule has 0 amide bonds. The molecule has 0 fully saturated rings. The van der Waals surface area contributed by atoms with Crippen molar-refractivity contribution in [3.05, 3.63) is 70.2 Å². The average Bonchev–Trinajstić information content (AvgIpc) is 2.46. The van der Waals surface area contributed by atoms with Crippen LogP contribution in [0.15, 0.2) is 42.5 Å². The molecule has 4 heteroatoms. The molecule has 0 heterocycles. The van der Waals surface area contributed by atoms with E-state index in [0.29, 0.717) is 18.0 Å². The Morgan fingerprint density at radius 2 is 1.71 bits per heavy atom. The lowest BCUT2D eigenvalue weighted by Gasteiger charge is -2.21. The predicted molar refractivity (Wildman–Crippen MR) is 82.5 cm³/mol. The van der Waals surface area contributed by atoms with Gasteiger partial charge in [-0.1, -0.05) is 42.8 Å². The van der Waals surface area contributed by atoms with Gasteiger partial charge in [0.1, 0.15) is 11.6 Å². The number of hydrogen-bond acceptors (Lipinski definition) is 1. The summed E-state index contributed by atoms with van der Waals surface area (Å²) in [6, 6.07) is 10.9. The van der Waals surface area contributed by atoms with Gasteiger partial charge in [0.25, 0.3) is 0 Å². The maximum absolute atomic E-state index is 14.0. The van der Waals surface area contributed by atoms with E-state index in [9.17, 15) is 8.78 Å². The van der Waals surface area contributed by atoms with Gasteiger partial charge in [0, 0.05) is 16.6 Å². The highest BCUT2D eigenvalue weighted by Gasteiger charge is 2.20. The smallest absolute Gasteiger partial charge is 0.130 e. The SMILES string of the molecule is CCCNC(Cc1ccccc1Cl)c1c(F)cccc1F. The molecule has 1 nitrogen and oxygen atoms in total. The van der Waals surface area contributed by atoms with Crippen LogP contribution in [0.5, 0.6) is 0 Å². The van der Waals surface area contributed by atoms with Gasteiger partial charge in [-0.3, -0.25) is 0 Å². The monoisotopic (exact) mass is 309 g/mol. The summed E-state index contributed by atoms with van der Waals surface area (Å²) in [5.74, 6) is -1.06. The molecule has 0 aliphatic carbocycles. The van der Waals surface area contributed by atoms with Crippen LogP contribution >= 0.6 is 11.6 Å². The van der Waals surface area contributed by atoms with Crippen molar-refractivity contribution in [2.24, 2.45) is 0 Å². The fraction of sp³-hybridized carbons (Fsp3) is 0.294. The maximum Gasteiger partial charge on any atom is 0.130 e. The average molecular weight is 310 g/mol. The quantitative estimate of drug-likeness (QED) is 0.800. The highest BCUT2D eigenvalue weighted by Crippen LogP contribution is 2.27. The summed E-state index contributed by atoms with van der Waals surface area (Å²) in [6.07, 6.45) is 1.33. The fourth-order valence-electron chi connectivity index (χ4n) is 2.32. The number of benzene rings is 2. The third-order valence-electron chi connectivity index (χ3n) is 3.37. The molecule has 2 aromatic carbocycles. The lowest BCUT2D eigenvalue weighted by molar-refractivity contribution is 0.464. The standard InChI is InChI=1S/C17H18ClF2N/c1-2-10-21-16(11-12-6-3-4-7-13(12)18)17-14(19)8-5-9-15(17)20/h3-9,16,21H,2,10-11H2,1H3. The molecule has 0 spiro atoms. The van der Waals surface area contributed by atoms with Crippen LogP contribution in [0.1, 0.15) is 30.5 Å². The minimum absolute atomic E-state index is 0.0749. The molecule has 21 heavy (non-hydrogen) atoms. The van der Waals surface area contributed by atoms with Gasteiger partial charge < -0.3 is 5.32 Å². The third kappa shape index (κ3) is 4.02. The molecule has 0 saturated carbocycles. The van der Waals surface area contributed by atoms with Gasteiger partial charge in [0.05, 0.1) is 0 Å². The molecule has 1 N–H and O–H groups in total. The van der Waals surface area contributed by atoms with E-state index in [-0.39, 0.29) is 5.56 Å². The van der Waals surface area contributed by atoms with E-state index >= 15 is 0 Å². The van der Waals surface area contributed by atoms with Crippen molar-refractivity contribution in [1.82, 2.24) is 5.32 Å². The van der Waals surface area contributed by atoms with Crippen LogP contribution in [0.25, 0.3) is 0 Å². The summed E-state index contributed by atoms with van der Waals surface area (Å²) < 4.78 is 28.0. The molecule has 0 bridgehead atoms.